The molecule has 1 aromatic rings. The van der Waals surface area contributed by atoms with Crippen LogP contribution in [0.25, 0.3) is 0 Å². The van der Waals surface area contributed by atoms with Crippen LogP contribution in [0.1, 0.15) is 12.8 Å². The number of ether oxygens (including phenoxy) is 2. The van der Waals surface area contributed by atoms with Crippen LogP contribution in [0.2, 0.25) is 5.02 Å². The number of rotatable bonds is 4. The van der Waals surface area contributed by atoms with Crippen molar-refractivity contribution in [1.29, 1.82) is 0 Å². The molecular weight excluding hydrogens is 377 g/mol. The van der Waals surface area contributed by atoms with Gasteiger partial charge in [-0.25, -0.2) is 17.6 Å². The molecule has 0 bridgehead atoms. The summed E-state index contributed by atoms with van der Waals surface area (Å²) in [4.78, 5) is 11.6. The lowest BCUT2D eigenvalue weighted by atomic mass is 9.94. The van der Waals surface area contributed by atoms with Crippen molar-refractivity contribution in [2.75, 3.05) is 17.9 Å². The fourth-order valence-corrected chi connectivity index (χ4v) is 4.61. The largest absolute Gasteiger partial charge is 0.478 e. The molecule has 1 unspecified atom stereocenters. The minimum atomic E-state index is -4.21. The Morgan fingerprint density at radius 1 is 1.36 bits per heavy atom. The maximum Gasteiger partial charge on any atom is 0.332 e. The van der Waals surface area contributed by atoms with E-state index in [1.807, 2.05) is 0 Å². The number of sulfonamides is 1. The van der Waals surface area contributed by atoms with Crippen molar-refractivity contribution in [3.63, 3.8) is 0 Å². The van der Waals surface area contributed by atoms with Gasteiger partial charge in [-0.15, -0.1) is 0 Å². The van der Waals surface area contributed by atoms with E-state index < -0.39 is 32.8 Å². The average Bonchev–Trinajstić information content (AvgIpc) is 2.97. The van der Waals surface area contributed by atoms with Gasteiger partial charge in [0, 0.05) is 11.4 Å². The molecule has 1 spiro atoms. The van der Waals surface area contributed by atoms with Crippen molar-refractivity contribution in [3.8, 4) is 0 Å². The van der Waals surface area contributed by atoms with E-state index in [4.69, 9.17) is 21.1 Å². The molecule has 0 saturated carbocycles. The van der Waals surface area contributed by atoms with Crippen LogP contribution in [0.15, 0.2) is 29.8 Å². The highest BCUT2D eigenvalue weighted by molar-refractivity contribution is 7.93. The number of hydrogen-bond acceptors (Lipinski definition) is 5. The van der Waals surface area contributed by atoms with Gasteiger partial charge in [-0.3, -0.25) is 4.72 Å². The fourth-order valence-electron chi connectivity index (χ4n) is 2.91. The van der Waals surface area contributed by atoms with Crippen molar-refractivity contribution in [3.05, 3.63) is 40.7 Å². The third kappa shape index (κ3) is 3.64. The van der Waals surface area contributed by atoms with Gasteiger partial charge in [0.2, 0.25) is 10.0 Å². The third-order valence-corrected chi connectivity index (χ3v) is 6.04. The predicted octanol–water partition coefficient (Wildman–Crippen LogP) is 2.14. The highest BCUT2D eigenvalue weighted by Gasteiger charge is 2.45. The number of carbonyl (C=O) groups is 1. The van der Waals surface area contributed by atoms with Crippen molar-refractivity contribution in [2.45, 2.75) is 23.9 Å². The van der Waals surface area contributed by atoms with Gasteiger partial charge in [-0.2, -0.15) is 0 Å². The minimum Gasteiger partial charge on any atom is -0.478 e. The Bertz CT molecular complexity index is 834. The molecule has 136 valence electrons. The molecule has 0 radical (unpaired) electrons. The maximum absolute atomic E-state index is 13.9. The first-order valence-corrected chi connectivity index (χ1v) is 9.35. The second-order valence-electron chi connectivity index (χ2n) is 5.71. The van der Waals surface area contributed by atoms with Gasteiger partial charge in [-0.1, -0.05) is 11.6 Å². The quantitative estimate of drug-likeness (QED) is 0.815. The van der Waals surface area contributed by atoms with Gasteiger partial charge in [-0.05, 0) is 30.7 Å². The summed E-state index contributed by atoms with van der Waals surface area (Å²) in [5, 5.41) is 8.16. The van der Waals surface area contributed by atoms with Gasteiger partial charge in [0.15, 0.2) is 5.79 Å². The standard InChI is InChI=1S/C15H15ClFNO6S/c16-9-1-2-12(11(17)7-9)18-25(21,22)13-3-4-15(23-5-6-24-15)8-10(13)14(19)20/h1-2,7-8,13,18H,3-6H2,(H,19,20). The zero-order valence-electron chi connectivity index (χ0n) is 12.9. The van der Waals surface area contributed by atoms with E-state index in [9.17, 15) is 22.7 Å². The normalized spacial score (nSPS) is 22.6. The van der Waals surface area contributed by atoms with Crippen LogP contribution in [-0.2, 0) is 24.3 Å². The fraction of sp³-hybridized carbons (Fsp3) is 0.400. The number of halogens is 2. The second-order valence-corrected chi connectivity index (χ2v) is 8.01. The molecule has 1 aliphatic heterocycles. The molecular formula is C15H15ClFNO6S. The first-order chi connectivity index (χ1) is 11.7. The Balaban J connectivity index is 1.92. The van der Waals surface area contributed by atoms with E-state index in [0.29, 0.717) is 13.2 Å². The van der Waals surface area contributed by atoms with Crippen LogP contribution >= 0.6 is 11.6 Å². The molecule has 25 heavy (non-hydrogen) atoms. The van der Waals surface area contributed by atoms with Crippen molar-refractivity contribution < 1.29 is 32.2 Å². The van der Waals surface area contributed by atoms with Crippen LogP contribution in [-0.4, -0.2) is 43.7 Å². The molecule has 1 aromatic carbocycles. The van der Waals surface area contributed by atoms with E-state index in [0.717, 1.165) is 6.07 Å². The van der Waals surface area contributed by atoms with Crippen LogP contribution < -0.4 is 4.72 Å². The van der Waals surface area contributed by atoms with Crippen molar-refractivity contribution >= 4 is 33.3 Å². The molecule has 1 fully saturated rings. The Hall–Kier alpha value is -1.68. The number of carboxylic acids is 1. The van der Waals surface area contributed by atoms with Crippen LogP contribution in [0.5, 0.6) is 0 Å². The molecule has 1 atom stereocenters. The molecule has 7 nitrogen and oxygen atoms in total. The number of anilines is 1. The first kappa shape index (κ1) is 18.1. The first-order valence-electron chi connectivity index (χ1n) is 7.43. The zero-order valence-corrected chi connectivity index (χ0v) is 14.4. The summed E-state index contributed by atoms with van der Waals surface area (Å²) in [6.45, 7) is 0.601. The molecule has 1 heterocycles. The lowest BCUT2D eigenvalue weighted by Gasteiger charge is -2.32. The number of carboxylic acid groups (broad SMARTS) is 1. The topological polar surface area (TPSA) is 102 Å². The van der Waals surface area contributed by atoms with Crippen molar-refractivity contribution in [1.82, 2.24) is 0 Å². The number of benzene rings is 1. The molecule has 3 rings (SSSR count). The number of aliphatic carboxylic acids is 1. The van der Waals surface area contributed by atoms with E-state index in [1.165, 1.54) is 18.2 Å². The van der Waals surface area contributed by atoms with Crippen LogP contribution in [0, 0.1) is 5.82 Å². The van der Waals surface area contributed by atoms with Gasteiger partial charge in [0.05, 0.1) is 24.5 Å². The van der Waals surface area contributed by atoms with E-state index >= 15 is 0 Å². The smallest absolute Gasteiger partial charge is 0.332 e. The van der Waals surface area contributed by atoms with Crippen LogP contribution in [0.4, 0.5) is 10.1 Å². The Kier molecular flexibility index (Phi) is 4.76. The van der Waals surface area contributed by atoms with Crippen LogP contribution in [0.3, 0.4) is 0 Å². The van der Waals surface area contributed by atoms with Gasteiger partial charge < -0.3 is 14.6 Å². The third-order valence-electron chi connectivity index (χ3n) is 4.06. The minimum absolute atomic E-state index is 0.0390. The Labute approximate surface area is 148 Å². The molecule has 0 aromatic heterocycles. The maximum atomic E-state index is 13.9. The summed E-state index contributed by atoms with van der Waals surface area (Å²) < 4.78 is 52.0. The van der Waals surface area contributed by atoms with Gasteiger partial charge in [0.1, 0.15) is 11.1 Å². The van der Waals surface area contributed by atoms with Gasteiger partial charge >= 0.3 is 5.97 Å². The summed E-state index contributed by atoms with van der Waals surface area (Å²) in [5.41, 5.74) is -0.669. The Morgan fingerprint density at radius 2 is 2.04 bits per heavy atom. The summed E-state index contributed by atoms with van der Waals surface area (Å²) in [6.07, 6.45) is 1.33. The molecule has 1 aliphatic carbocycles. The van der Waals surface area contributed by atoms with E-state index in [2.05, 4.69) is 4.72 Å². The highest BCUT2D eigenvalue weighted by atomic mass is 35.5. The summed E-state index contributed by atoms with van der Waals surface area (Å²) in [5.74, 6) is -3.46. The predicted molar refractivity (Wildman–Crippen MR) is 87.3 cm³/mol. The molecule has 0 amide bonds. The summed E-state index contributed by atoms with van der Waals surface area (Å²) >= 11 is 5.64. The molecule has 2 aliphatic rings. The average molecular weight is 392 g/mol. The van der Waals surface area contributed by atoms with Gasteiger partial charge in [0.25, 0.3) is 0 Å². The summed E-state index contributed by atoms with van der Waals surface area (Å²) in [7, 11) is -4.21. The lowest BCUT2D eigenvalue weighted by Crippen LogP contribution is -2.41. The summed E-state index contributed by atoms with van der Waals surface area (Å²) in [6, 6.07) is 3.46. The number of hydrogen-bond donors (Lipinski definition) is 2. The molecule has 2 N–H and O–H groups in total. The SMILES string of the molecule is O=C(O)C1=CC2(CCC1S(=O)(=O)Nc1ccc(Cl)cc1F)OCCO2. The second kappa shape index (κ2) is 6.56. The molecule has 1 saturated heterocycles. The zero-order chi connectivity index (χ0) is 18.2. The Morgan fingerprint density at radius 3 is 2.64 bits per heavy atom. The highest BCUT2D eigenvalue weighted by Crippen LogP contribution is 2.37. The monoisotopic (exact) mass is 391 g/mol. The number of nitrogens with one attached hydrogen (secondary N) is 1. The van der Waals surface area contributed by atoms with Crippen molar-refractivity contribution in [2.24, 2.45) is 0 Å². The lowest BCUT2D eigenvalue weighted by molar-refractivity contribution is -0.138. The van der Waals surface area contributed by atoms with E-state index in [-0.39, 0.29) is 29.1 Å². The van der Waals surface area contributed by atoms with E-state index in [1.54, 1.807) is 0 Å². The molecule has 10 heteroatoms.